The first-order chi connectivity index (χ1) is 18.0. The van der Waals surface area contributed by atoms with E-state index in [4.69, 9.17) is 14.5 Å². The molecule has 1 fully saturated rings. The van der Waals surface area contributed by atoms with E-state index in [1.165, 1.54) is 11.4 Å². The molecule has 0 spiro atoms. The van der Waals surface area contributed by atoms with Crippen molar-refractivity contribution >= 4 is 29.0 Å². The van der Waals surface area contributed by atoms with Crippen LogP contribution in [0.1, 0.15) is 23.8 Å². The van der Waals surface area contributed by atoms with Crippen molar-refractivity contribution in [2.24, 2.45) is 0 Å². The number of aromatic nitrogens is 2. The number of thiazole rings is 1. The standard InChI is InChI=1S/C27H24F3N3O2S2/c1-34-16-33(37-23-15-19(28)5-6-21(23)29)22-4-2-3-20(24(22)30)25-26(17-7-11-31-12-8-17)36-27(32-25)18-9-13-35-14-10-18/h2-8,11-12,15,18H,9-10,13-14,16H2,1H3. The van der Waals surface area contributed by atoms with E-state index in [9.17, 15) is 8.78 Å². The molecule has 192 valence electrons. The second kappa shape index (κ2) is 11.6. The molecule has 2 aromatic heterocycles. The molecule has 3 heterocycles. The summed E-state index contributed by atoms with van der Waals surface area (Å²) in [5.41, 5.74) is 1.93. The van der Waals surface area contributed by atoms with Crippen LogP contribution in [0.25, 0.3) is 21.7 Å². The van der Waals surface area contributed by atoms with Gasteiger partial charge in [0.1, 0.15) is 18.4 Å². The first-order valence-corrected chi connectivity index (χ1v) is 13.3. The lowest BCUT2D eigenvalue weighted by molar-refractivity contribution is 0.0853. The van der Waals surface area contributed by atoms with Crippen LogP contribution in [0.15, 0.2) is 65.8 Å². The van der Waals surface area contributed by atoms with Crippen molar-refractivity contribution < 1.29 is 22.6 Å². The Morgan fingerprint density at radius 1 is 1.08 bits per heavy atom. The van der Waals surface area contributed by atoms with Crippen molar-refractivity contribution in [3.05, 3.63) is 83.4 Å². The Hall–Kier alpha value is -2.92. The smallest absolute Gasteiger partial charge is 0.156 e. The summed E-state index contributed by atoms with van der Waals surface area (Å²) in [6.45, 7) is 1.30. The highest BCUT2D eigenvalue weighted by Gasteiger charge is 2.26. The Labute approximate surface area is 221 Å². The Morgan fingerprint density at radius 2 is 1.86 bits per heavy atom. The van der Waals surface area contributed by atoms with Gasteiger partial charge in [-0.15, -0.1) is 11.3 Å². The van der Waals surface area contributed by atoms with Crippen molar-refractivity contribution in [3.63, 3.8) is 0 Å². The van der Waals surface area contributed by atoms with Gasteiger partial charge in [-0.2, -0.15) is 0 Å². The predicted octanol–water partition coefficient (Wildman–Crippen LogP) is 7.30. The molecular weight excluding hydrogens is 519 g/mol. The molecule has 0 unspecified atom stereocenters. The summed E-state index contributed by atoms with van der Waals surface area (Å²) in [7, 11) is 1.46. The van der Waals surface area contributed by atoms with Gasteiger partial charge in [0.05, 0.1) is 26.2 Å². The number of methoxy groups -OCH3 is 1. The molecule has 5 rings (SSSR count). The van der Waals surface area contributed by atoms with E-state index >= 15 is 4.39 Å². The summed E-state index contributed by atoms with van der Waals surface area (Å²) in [6.07, 6.45) is 5.12. The van der Waals surface area contributed by atoms with E-state index in [1.807, 2.05) is 12.1 Å². The van der Waals surface area contributed by atoms with E-state index in [0.29, 0.717) is 24.5 Å². The van der Waals surface area contributed by atoms with E-state index in [0.717, 1.165) is 58.4 Å². The Balaban J connectivity index is 1.58. The van der Waals surface area contributed by atoms with Gasteiger partial charge in [0, 0.05) is 44.2 Å². The minimum atomic E-state index is -0.607. The van der Waals surface area contributed by atoms with Crippen LogP contribution in [-0.2, 0) is 9.47 Å². The number of hydrogen-bond donors (Lipinski definition) is 0. The van der Waals surface area contributed by atoms with E-state index in [2.05, 4.69) is 4.98 Å². The fourth-order valence-corrected chi connectivity index (χ4v) is 6.37. The number of halogens is 3. The molecule has 1 saturated heterocycles. The zero-order valence-electron chi connectivity index (χ0n) is 20.0. The second-order valence-corrected chi connectivity index (χ2v) is 10.5. The number of rotatable bonds is 8. The van der Waals surface area contributed by atoms with Crippen molar-refractivity contribution in [1.29, 1.82) is 0 Å². The number of anilines is 1. The summed E-state index contributed by atoms with van der Waals surface area (Å²) in [5, 5.41) is 0.944. The van der Waals surface area contributed by atoms with E-state index in [1.54, 1.807) is 41.9 Å². The molecule has 2 aromatic carbocycles. The van der Waals surface area contributed by atoms with Crippen molar-refractivity contribution in [1.82, 2.24) is 9.97 Å². The SMILES string of the molecule is COCN(Sc1cc(F)ccc1F)c1cccc(-c2nc(C3CCOCC3)sc2-c2ccncc2)c1F. The average molecular weight is 544 g/mol. The highest BCUT2D eigenvalue weighted by Crippen LogP contribution is 2.44. The lowest BCUT2D eigenvalue weighted by Gasteiger charge is -2.24. The maximum absolute atomic E-state index is 16.2. The topological polar surface area (TPSA) is 47.5 Å². The zero-order chi connectivity index (χ0) is 25.8. The number of benzene rings is 2. The monoisotopic (exact) mass is 543 g/mol. The Bertz CT molecular complexity index is 1360. The number of hydrogen-bond acceptors (Lipinski definition) is 7. The van der Waals surface area contributed by atoms with Crippen LogP contribution in [0.3, 0.4) is 0 Å². The molecule has 0 amide bonds. The molecule has 37 heavy (non-hydrogen) atoms. The second-order valence-electron chi connectivity index (χ2n) is 8.45. The van der Waals surface area contributed by atoms with Gasteiger partial charge in [0.25, 0.3) is 0 Å². The van der Waals surface area contributed by atoms with Crippen LogP contribution < -0.4 is 4.31 Å². The summed E-state index contributed by atoms with van der Waals surface area (Å²) in [6, 6.07) is 11.9. The van der Waals surface area contributed by atoms with Crippen molar-refractivity contribution in [2.75, 3.05) is 31.4 Å². The summed E-state index contributed by atoms with van der Waals surface area (Å²) >= 11 is 2.42. The summed E-state index contributed by atoms with van der Waals surface area (Å²) < 4.78 is 56.6. The minimum Gasteiger partial charge on any atom is -0.381 e. The van der Waals surface area contributed by atoms with Crippen molar-refractivity contribution in [2.45, 2.75) is 23.7 Å². The molecule has 0 N–H and O–H groups in total. The normalized spacial score (nSPS) is 14.2. The molecule has 5 nitrogen and oxygen atoms in total. The van der Waals surface area contributed by atoms with E-state index < -0.39 is 17.5 Å². The van der Waals surface area contributed by atoms with Gasteiger partial charge < -0.3 is 9.47 Å². The molecular formula is C27H24F3N3O2S2. The molecule has 4 aromatic rings. The zero-order valence-corrected chi connectivity index (χ0v) is 21.6. The first kappa shape index (κ1) is 25.7. The molecule has 0 aliphatic carbocycles. The summed E-state index contributed by atoms with van der Waals surface area (Å²) in [5.74, 6) is -1.47. The van der Waals surface area contributed by atoms with E-state index in [-0.39, 0.29) is 23.2 Å². The Morgan fingerprint density at radius 3 is 2.62 bits per heavy atom. The molecule has 0 bridgehead atoms. The maximum Gasteiger partial charge on any atom is 0.156 e. The highest BCUT2D eigenvalue weighted by atomic mass is 32.2. The highest BCUT2D eigenvalue weighted by molar-refractivity contribution is 8.00. The third-order valence-electron chi connectivity index (χ3n) is 6.01. The number of ether oxygens (including phenoxy) is 2. The lowest BCUT2D eigenvalue weighted by atomic mass is 10.0. The van der Waals surface area contributed by atoms with Crippen LogP contribution in [0, 0.1) is 17.5 Å². The Kier molecular flexibility index (Phi) is 8.09. The predicted molar refractivity (Wildman–Crippen MR) is 140 cm³/mol. The fourth-order valence-electron chi connectivity index (χ4n) is 4.16. The number of pyridine rings is 1. The maximum atomic E-state index is 16.2. The van der Waals surface area contributed by atoms with Gasteiger partial charge in [-0.05, 0) is 72.8 Å². The fraction of sp³-hybridized carbons (Fsp3) is 0.259. The minimum absolute atomic E-state index is 0.0230. The molecule has 10 heteroatoms. The van der Waals surface area contributed by atoms with Crippen LogP contribution in [0.5, 0.6) is 0 Å². The van der Waals surface area contributed by atoms with Gasteiger partial charge in [-0.25, -0.2) is 18.2 Å². The third kappa shape index (κ3) is 5.67. The van der Waals surface area contributed by atoms with Crippen LogP contribution >= 0.6 is 23.3 Å². The summed E-state index contributed by atoms with van der Waals surface area (Å²) in [4.78, 5) is 9.92. The lowest BCUT2D eigenvalue weighted by Crippen LogP contribution is -2.19. The van der Waals surface area contributed by atoms with Gasteiger partial charge in [0.15, 0.2) is 5.82 Å². The molecule has 1 aliphatic heterocycles. The van der Waals surface area contributed by atoms with Crippen LogP contribution in [-0.4, -0.2) is 37.0 Å². The van der Waals surface area contributed by atoms with Gasteiger partial charge in [-0.1, -0.05) is 6.07 Å². The number of nitrogens with zero attached hydrogens (tertiary/aromatic N) is 3. The van der Waals surface area contributed by atoms with Crippen LogP contribution in [0.2, 0.25) is 0 Å². The largest absolute Gasteiger partial charge is 0.381 e. The molecule has 0 radical (unpaired) electrons. The average Bonchev–Trinajstić information content (AvgIpc) is 3.37. The molecule has 0 atom stereocenters. The third-order valence-corrected chi connectivity index (χ3v) is 8.31. The van der Waals surface area contributed by atoms with Crippen molar-refractivity contribution in [3.8, 4) is 21.7 Å². The van der Waals surface area contributed by atoms with Gasteiger partial charge in [-0.3, -0.25) is 9.29 Å². The van der Waals surface area contributed by atoms with Gasteiger partial charge in [0.2, 0.25) is 0 Å². The molecule has 1 aliphatic rings. The first-order valence-electron chi connectivity index (χ1n) is 11.7. The van der Waals surface area contributed by atoms with Crippen LogP contribution in [0.4, 0.5) is 18.9 Å². The van der Waals surface area contributed by atoms with Gasteiger partial charge >= 0.3 is 0 Å². The quantitative estimate of drug-likeness (QED) is 0.172. The molecule has 0 saturated carbocycles.